The zero-order chi connectivity index (χ0) is 13.5. The molecular formula is C15H16N4O. The Labute approximate surface area is 116 Å². The van der Waals surface area contributed by atoms with Gasteiger partial charge in [-0.2, -0.15) is 5.10 Å². The fourth-order valence-corrected chi connectivity index (χ4v) is 2.75. The number of H-pyrrole nitrogens is 2. The Morgan fingerprint density at radius 1 is 1.35 bits per heavy atom. The standard InChI is InChI=1S/C15H16N4O/c1-9-6-16-15-12(9)4-11(7-17-15)14-5-13(18-19-14)10-2-3-20-8-10/h4-7,10H,2-3,8H2,1H3,(H,16,17)(H,18,19)/t10-/m0/s1. The molecule has 20 heavy (non-hydrogen) atoms. The Morgan fingerprint density at radius 3 is 3.15 bits per heavy atom. The molecule has 1 atom stereocenters. The summed E-state index contributed by atoms with van der Waals surface area (Å²) in [6.07, 6.45) is 4.91. The number of nitrogens with zero attached hydrogens (tertiary/aromatic N) is 2. The molecule has 0 unspecified atom stereocenters. The Balaban J connectivity index is 1.72. The van der Waals surface area contributed by atoms with Crippen LogP contribution in [-0.4, -0.2) is 33.4 Å². The lowest BCUT2D eigenvalue weighted by Gasteiger charge is -2.01. The second-order valence-electron chi connectivity index (χ2n) is 5.36. The van der Waals surface area contributed by atoms with Crippen LogP contribution in [0, 0.1) is 6.92 Å². The molecular weight excluding hydrogens is 252 g/mol. The molecule has 0 radical (unpaired) electrons. The summed E-state index contributed by atoms with van der Waals surface area (Å²) >= 11 is 0. The third-order valence-corrected chi connectivity index (χ3v) is 4.00. The van der Waals surface area contributed by atoms with E-state index in [0.29, 0.717) is 5.92 Å². The van der Waals surface area contributed by atoms with Gasteiger partial charge >= 0.3 is 0 Å². The van der Waals surface area contributed by atoms with Crippen molar-refractivity contribution in [3.8, 4) is 11.3 Å². The van der Waals surface area contributed by atoms with Gasteiger partial charge in [-0.05, 0) is 31.0 Å². The van der Waals surface area contributed by atoms with E-state index in [-0.39, 0.29) is 0 Å². The van der Waals surface area contributed by atoms with Crippen molar-refractivity contribution in [2.24, 2.45) is 0 Å². The van der Waals surface area contributed by atoms with Crippen molar-refractivity contribution in [3.05, 3.63) is 35.8 Å². The number of pyridine rings is 1. The average Bonchev–Trinajstić information content (AvgIpc) is 3.18. The molecule has 1 fully saturated rings. The van der Waals surface area contributed by atoms with Gasteiger partial charge in [0.05, 0.1) is 12.3 Å². The summed E-state index contributed by atoms with van der Waals surface area (Å²) in [5.74, 6) is 0.446. The largest absolute Gasteiger partial charge is 0.381 e. The van der Waals surface area contributed by atoms with Gasteiger partial charge in [0.1, 0.15) is 5.65 Å². The van der Waals surface area contributed by atoms with Crippen LogP contribution in [0.4, 0.5) is 0 Å². The summed E-state index contributed by atoms with van der Waals surface area (Å²) in [4.78, 5) is 7.61. The molecule has 3 aromatic rings. The van der Waals surface area contributed by atoms with E-state index in [1.807, 2.05) is 12.4 Å². The van der Waals surface area contributed by atoms with Gasteiger partial charge in [0.15, 0.2) is 0 Å². The third-order valence-electron chi connectivity index (χ3n) is 4.00. The molecule has 1 saturated heterocycles. The lowest BCUT2D eigenvalue weighted by Crippen LogP contribution is -1.97. The highest BCUT2D eigenvalue weighted by atomic mass is 16.5. The fraction of sp³-hybridized carbons (Fsp3) is 0.333. The summed E-state index contributed by atoms with van der Waals surface area (Å²) in [5.41, 5.74) is 5.27. The Bertz CT molecular complexity index is 752. The van der Waals surface area contributed by atoms with Gasteiger partial charge in [0.25, 0.3) is 0 Å². The van der Waals surface area contributed by atoms with Gasteiger partial charge in [-0.15, -0.1) is 0 Å². The molecule has 4 heterocycles. The molecule has 2 N–H and O–H groups in total. The number of hydrogen-bond acceptors (Lipinski definition) is 3. The molecule has 0 aromatic carbocycles. The summed E-state index contributed by atoms with van der Waals surface area (Å²) in [5, 5.41) is 8.71. The van der Waals surface area contributed by atoms with Crippen LogP contribution in [-0.2, 0) is 4.74 Å². The summed E-state index contributed by atoms with van der Waals surface area (Å²) in [7, 11) is 0. The molecule has 1 aliphatic rings. The van der Waals surface area contributed by atoms with Crippen molar-refractivity contribution in [2.75, 3.05) is 13.2 Å². The minimum atomic E-state index is 0.446. The van der Waals surface area contributed by atoms with Gasteiger partial charge in [0.2, 0.25) is 0 Å². The monoisotopic (exact) mass is 268 g/mol. The van der Waals surface area contributed by atoms with Crippen molar-refractivity contribution in [2.45, 2.75) is 19.3 Å². The van der Waals surface area contributed by atoms with E-state index in [1.54, 1.807) is 0 Å². The van der Waals surface area contributed by atoms with Crippen LogP contribution in [0.5, 0.6) is 0 Å². The van der Waals surface area contributed by atoms with Crippen LogP contribution in [0.2, 0.25) is 0 Å². The molecule has 102 valence electrons. The summed E-state index contributed by atoms with van der Waals surface area (Å²) in [6.45, 7) is 3.71. The van der Waals surface area contributed by atoms with Crippen LogP contribution in [0.1, 0.15) is 23.6 Å². The first kappa shape index (κ1) is 11.7. The average molecular weight is 268 g/mol. The van der Waals surface area contributed by atoms with Gasteiger partial charge in [-0.1, -0.05) is 0 Å². The number of aromatic amines is 2. The van der Waals surface area contributed by atoms with Gasteiger partial charge in [-0.3, -0.25) is 5.10 Å². The highest BCUT2D eigenvalue weighted by molar-refractivity contribution is 5.83. The van der Waals surface area contributed by atoms with E-state index in [0.717, 1.165) is 47.6 Å². The highest BCUT2D eigenvalue weighted by Gasteiger charge is 2.20. The van der Waals surface area contributed by atoms with E-state index in [2.05, 4.69) is 39.2 Å². The van der Waals surface area contributed by atoms with Crippen molar-refractivity contribution in [1.82, 2.24) is 20.2 Å². The maximum absolute atomic E-state index is 5.43. The Hall–Kier alpha value is -2.14. The molecule has 0 spiro atoms. The van der Waals surface area contributed by atoms with Crippen LogP contribution >= 0.6 is 0 Å². The Kier molecular flexibility index (Phi) is 2.60. The lowest BCUT2D eigenvalue weighted by atomic mass is 10.0. The second-order valence-corrected chi connectivity index (χ2v) is 5.36. The maximum atomic E-state index is 5.43. The fourth-order valence-electron chi connectivity index (χ4n) is 2.75. The number of rotatable bonds is 2. The summed E-state index contributed by atoms with van der Waals surface area (Å²) < 4.78 is 5.43. The maximum Gasteiger partial charge on any atom is 0.137 e. The Morgan fingerprint density at radius 2 is 2.30 bits per heavy atom. The molecule has 0 saturated carbocycles. The van der Waals surface area contributed by atoms with Crippen LogP contribution in [0.3, 0.4) is 0 Å². The molecule has 0 bridgehead atoms. The molecule has 0 amide bonds. The lowest BCUT2D eigenvalue weighted by molar-refractivity contribution is 0.193. The van der Waals surface area contributed by atoms with Gasteiger partial charge < -0.3 is 9.72 Å². The number of nitrogens with one attached hydrogen (secondary N) is 2. The van der Waals surface area contributed by atoms with Crippen LogP contribution in [0.15, 0.2) is 24.5 Å². The van der Waals surface area contributed by atoms with Crippen molar-refractivity contribution >= 4 is 11.0 Å². The first-order valence-corrected chi connectivity index (χ1v) is 6.88. The molecule has 5 nitrogen and oxygen atoms in total. The normalized spacial score (nSPS) is 18.9. The smallest absolute Gasteiger partial charge is 0.137 e. The first-order valence-electron chi connectivity index (χ1n) is 6.88. The van der Waals surface area contributed by atoms with E-state index in [4.69, 9.17) is 4.74 Å². The second kappa shape index (κ2) is 4.45. The first-order chi connectivity index (χ1) is 9.81. The minimum absolute atomic E-state index is 0.446. The quantitative estimate of drug-likeness (QED) is 0.751. The predicted molar refractivity (Wildman–Crippen MR) is 76.6 cm³/mol. The van der Waals surface area contributed by atoms with E-state index in [9.17, 15) is 0 Å². The minimum Gasteiger partial charge on any atom is -0.381 e. The highest BCUT2D eigenvalue weighted by Crippen LogP contribution is 2.28. The van der Waals surface area contributed by atoms with Gasteiger partial charge in [0, 0.05) is 41.6 Å². The number of ether oxygens (including phenoxy) is 1. The van der Waals surface area contributed by atoms with Crippen molar-refractivity contribution in [3.63, 3.8) is 0 Å². The van der Waals surface area contributed by atoms with Crippen LogP contribution in [0.25, 0.3) is 22.3 Å². The molecule has 5 heteroatoms. The molecule has 3 aromatic heterocycles. The molecule has 0 aliphatic carbocycles. The zero-order valence-electron chi connectivity index (χ0n) is 11.3. The van der Waals surface area contributed by atoms with Crippen molar-refractivity contribution in [1.29, 1.82) is 0 Å². The SMILES string of the molecule is Cc1c[nH]c2ncc(-c3cc([C@H]4CCOC4)[nH]n3)cc12. The van der Waals surface area contributed by atoms with E-state index in [1.165, 1.54) is 5.56 Å². The van der Waals surface area contributed by atoms with E-state index < -0.39 is 0 Å². The summed E-state index contributed by atoms with van der Waals surface area (Å²) in [6, 6.07) is 4.25. The topological polar surface area (TPSA) is 66.6 Å². The number of aryl methyl sites for hydroxylation is 1. The molecule has 4 rings (SSSR count). The third kappa shape index (κ3) is 1.82. The number of aromatic nitrogens is 4. The van der Waals surface area contributed by atoms with Crippen LogP contribution < -0.4 is 0 Å². The number of hydrogen-bond donors (Lipinski definition) is 2. The molecule has 1 aliphatic heterocycles. The number of fused-ring (bicyclic) bond motifs is 1. The van der Waals surface area contributed by atoms with E-state index >= 15 is 0 Å². The van der Waals surface area contributed by atoms with Gasteiger partial charge in [-0.25, -0.2) is 4.98 Å². The zero-order valence-corrected chi connectivity index (χ0v) is 11.3. The predicted octanol–water partition coefficient (Wildman–Crippen LogP) is 2.77. The van der Waals surface area contributed by atoms with Crippen molar-refractivity contribution < 1.29 is 4.74 Å².